The summed E-state index contributed by atoms with van der Waals surface area (Å²) in [7, 11) is 1.43. The maximum absolute atomic E-state index is 11.7. The Kier molecular flexibility index (Phi) is 6.03. The van der Waals surface area contributed by atoms with Crippen LogP contribution in [-0.4, -0.2) is 33.1 Å². The molecule has 10 heteroatoms. The van der Waals surface area contributed by atoms with E-state index in [0.717, 1.165) is 11.1 Å². The van der Waals surface area contributed by atoms with Crippen LogP contribution >= 0.6 is 12.2 Å². The van der Waals surface area contributed by atoms with Gasteiger partial charge in [-0.1, -0.05) is 24.3 Å². The van der Waals surface area contributed by atoms with Gasteiger partial charge in [-0.2, -0.15) is 14.9 Å². The number of aromatic amines is 1. The first-order valence-corrected chi connectivity index (χ1v) is 9.03. The number of nitro groups is 1. The van der Waals surface area contributed by atoms with Crippen molar-refractivity contribution < 1.29 is 14.4 Å². The van der Waals surface area contributed by atoms with Crippen LogP contribution in [0.5, 0.6) is 11.5 Å². The molecule has 0 atom stereocenters. The predicted molar refractivity (Wildman–Crippen MR) is 110 cm³/mol. The summed E-state index contributed by atoms with van der Waals surface area (Å²) in [4.78, 5) is 11.1. The summed E-state index contributed by atoms with van der Waals surface area (Å²) in [6.07, 6.45) is 1.44. The van der Waals surface area contributed by atoms with Crippen molar-refractivity contribution >= 4 is 24.1 Å². The number of ether oxygens (including phenoxy) is 2. The van der Waals surface area contributed by atoms with Gasteiger partial charge in [0, 0.05) is 11.6 Å². The molecule has 0 aliphatic heterocycles. The minimum Gasteiger partial charge on any atom is -0.493 e. The van der Waals surface area contributed by atoms with Gasteiger partial charge in [0.05, 0.1) is 18.2 Å². The molecule has 1 heterocycles. The average molecular weight is 413 g/mol. The number of aryl methyl sites for hydroxylation is 2. The smallest absolute Gasteiger partial charge is 0.315 e. The number of hydrogen-bond acceptors (Lipinski definition) is 7. The number of benzene rings is 2. The normalized spacial score (nSPS) is 11.0. The molecule has 0 aliphatic carbocycles. The molecule has 0 unspecified atom stereocenters. The Balaban J connectivity index is 1.96. The van der Waals surface area contributed by atoms with Gasteiger partial charge < -0.3 is 9.47 Å². The van der Waals surface area contributed by atoms with Gasteiger partial charge in [-0.05, 0) is 43.3 Å². The van der Waals surface area contributed by atoms with Crippen LogP contribution in [0.4, 0.5) is 5.69 Å². The van der Waals surface area contributed by atoms with Crippen LogP contribution in [0.1, 0.15) is 22.5 Å². The first-order valence-electron chi connectivity index (χ1n) is 8.62. The predicted octanol–water partition coefficient (Wildman–Crippen LogP) is 3.94. The van der Waals surface area contributed by atoms with Crippen molar-refractivity contribution in [3.8, 4) is 11.5 Å². The molecule has 0 saturated carbocycles. The first-order chi connectivity index (χ1) is 13.9. The molecule has 0 aliphatic rings. The van der Waals surface area contributed by atoms with Gasteiger partial charge in [-0.15, -0.1) is 0 Å². The molecule has 0 fully saturated rings. The van der Waals surface area contributed by atoms with E-state index in [-0.39, 0.29) is 23.8 Å². The highest BCUT2D eigenvalue weighted by Gasteiger charge is 2.22. The molecule has 9 nitrogen and oxygen atoms in total. The largest absolute Gasteiger partial charge is 0.493 e. The highest BCUT2D eigenvalue weighted by molar-refractivity contribution is 7.71. The van der Waals surface area contributed by atoms with Crippen LogP contribution in [-0.2, 0) is 6.61 Å². The third kappa shape index (κ3) is 4.49. The summed E-state index contributed by atoms with van der Waals surface area (Å²) in [6, 6.07) is 10.7. The molecule has 0 saturated heterocycles. The Morgan fingerprint density at radius 2 is 2.10 bits per heavy atom. The van der Waals surface area contributed by atoms with Crippen LogP contribution in [0.15, 0.2) is 41.5 Å². The van der Waals surface area contributed by atoms with E-state index in [1.54, 1.807) is 13.0 Å². The SMILES string of the molecule is COc1cc(/C=N\n2c(C)n[nH]c2=S)cc([N+](=O)[O-])c1OCc1ccccc1C. The molecule has 150 valence electrons. The molecule has 0 spiro atoms. The molecule has 1 aromatic heterocycles. The lowest BCUT2D eigenvalue weighted by atomic mass is 10.1. The van der Waals surface area contributed by atoms with Crippen LogP contribution in [0.2, 0.25) is 0 Å². The van der Waals surface area contributed by atoms with Crippen LogP contribution in [0, 0.1) is 28.7 Å². The summed E-state index contributed by atoms with van der Waals surface area (Å²) in [5.41, 5.74) is 2.20. The van der Waals surface area contributed by atoms with Crippen molar-refractivity contribution in [1.82, 2.24) is 14.9 Å². The fourth-order valence-corrected chi connectivity index (χ4v) is 2.89. The average Bonchev–Trinajstić information content (AvgIpc) is 3.03. The molecule has 0 amide bonds. The Morgan fingerprint density at radius 3 is 2.72 bits per heavy atom. The zero-order valence-electron chi connectivity index (χ0n) is 16.1. The van der Waals surface area contributed by atoms with Gasteiger partial charge >= 0.3 is 5.69 Å². The minimum absolute atomic E-state index is 0.0639. The summed E-state index contributed by atoms with van der Waals surface area (Å²) < 4.78 is 12.9. The van der Waals surface area contributed by atoms with Gasteiger partial charge in [-0.25, -0.2) is 0 Å². The van der Waals surface area contributed by atoms with E-state index in [9.17, 15) is 10.1 Å². The third-order valence-corrected chi connectivity index (χ3v) is 4.51. The molecule has 29 heavy (non-hydrogen) atoms. The summed E-state index contributed by atoms with van der Waals surface area (Å²) in [5.74, 6) is 0.863. The van der Waals surface area contributed by atoms with Gasteiger partial charge in [-0.3, -0.25) is 15.2 Å². The van der Waals surface area contributed by atoms with E-state index in [2.05, 4.69) is 15.3 Å². The molecule has 3 rings (SSSR count). The second-order valence-electron chi connectivity index (χ2n) is 6.18. The van der Waals surface area contributed by atoms with Crippen molar-refractivity contribution in [2.45, 2.75) is 20.5 Å². The van der Waals surface area contributed by atoms with Crippen LogP contribution in [0.25, 0.3) is 0 Å². The molecule has 2 aromatic carbocycles. The van der Waals surface area contributed by atoms with Crippen molar-refractivity contribution in [2.75, 3.05) is 7.11 Å². The van der Waals surface area contributed by atoms with E-state index in [1.807, 2.05) is 31.2 Å². The van der Waals surface area contributed by atoms with E-state index < -0.39 is 4.92 Å². The molecule has 0 radical (unpaired) electrons. The van der Waals surface area contributed by atoms with Crippen molar-refractivity contribution in [3.05, 3.63) is 73.8 Å². The maximum atomic E-state index is 11.7. The third-order valence-electron chi connectivity index (χ3n) is 4.24. The second-order valence-corrected chi connectivity index (χ2v) is 6.56. The van der Waals surface area contributed by atoms with Gasteiger partial charge in [0.2, 0.25) is 10.5 Å². The Hall–Kier alpha value is -3.53. The maximum Gasteiger partial charge on any atom is 0.315 e. The number of aromatic nitrogens is 3. The number of hydrogen-bond donors (Lipinski definition) is 1. The number of H-pyrrole nitrogens is 1. The van der Waals surface area contributed by atoms with Gasteiger partial charge in [0.25, 0.3) is 0 Å². The fraction of sp³-hybridized carbons (Fsp3) is 0.211. The quantitative estimate of drug-likeness (QED) is 0.272. The van der Waals surface area contributed by atoms with Gasteiger partial charge in [0.15, 0.2) is 5.75 Å². The lowest BCUT2D eigenvalue weighted by Crippen LogP contribution is -2.04. The monoisotopic (exact) mass is 413 g/mol. The fourth-order valence-electron chi connectivity index (χ4n) is 2.67. The molecule has 0 bridgehead atoms. The van der Waals surface area contributed by atoms with Crippen molar-refractivity contribution in [2.24, 2.45) is 5.10 Å². The second kappa shape index (κ2) is 8.65. The van der Waals surface area contributed by atoms with E-state index in [4.69, 9.17) is 21.7 Å². The van der Waals surface area contributed by atoms with E-state index >= 15 is 0 Å². The minimum atomic E-state index is -0.512. The Bertz CT molecular complexity index is 1140. The highest BCUT2D eigenvalue weighted by atomic mass is 32.1. The summed E-state index contributed by atoms with van der Waals surface area (Å²) in [6.45, 7) is 3.86. The van der Waals surface area contributed by atoms with Crippen molar-refractivity contribution in [1.29, 1.82) is 0 Å². The Labute approximate surface area is 171 Å². The molecule has 1 N–H and O–H groups in total. The molecular formula is C19H19N5O4S. The lowest BCUT2D eigenvalue weighted by Gasteiger charge is -2.13. The topological polar surface area (TPSA) is 108 Å². The van der Waals surface area contributed by atoms with Gasteiger partial charge in [0.1, 0.15) is 12.4 Å². The van der Waals surface area contributed by atoms with E-state index in [1.165, 1.54) is 24.1 Å². The molecule has 3 aromatic rings. The number of rotatable bonds is 7. The van der Waals surface area contributed by atoms with Crippen LogP contribution in [0.3, 0.4) is 0 Å². The van der Waals surface area contributed by atoms with Crippen LogP contribution < -0.4 is 9.47 Å². The number of nitrogens with one attached hydrogen (secondary N) is 1. The standard InChI is InChI=1S/C19H19N5O4S/c1-12-6-4-5-7-15(12)11-28-18-16(24(25)26)8-14(9-17(18)27-3)10-20-23-13(2)21-22-19(23)29/h4-10H,11H2,1-3H3,(H,22,29)/b20-10-. The lowest BCUT2D eigenvalue weighted by molar-refractivity contribution is -0.386. The first kappa shape index (κ1) is 20.2. The zero-order chi connectivity index (χ0) is 21.0. The summed E-state index contributed by atoms with van der Waals surface area (Å²) in [5, 5.41) is 22.5. The van der Waals surface area contributed by atoms with E-state index in [0.29, 0.717) is 16.2 Å². The zero-order valence-corrected chi connectivity index (χ0v) is 16.9. The highest BCUT2D eigenvalue weighted by Crippen LogP contribution is 2.38. The van der Waals surface area contributed by atoms with Crippen molar-refractivity contribution in [3.63, 3.8) is 0 Å². The number of nitro benzene ring substituents is 1. The number of nitrogens with zero attached hydrogens (tertiary/aromatic N) is 4. The molecular weight excluding hydrogens is 394 g/mol. The summed E-state index contributed by atoms with van der Waals surface area (Å²) >= 11 is 5.09. The number of methoxy groups -OCH3 is 1. The Morgan fingerprint density at radius 1 is 1.34 bits per heavy atom.